The van der Waals surface area contributed by atoms with Gasteiger partial charge in [0.25, 0.3) is 0 Å². The van der Waals surface area contributed by atoms with Crippen LogP contribution in [0.2, 0.25) is 0 Å². The third kappa shape index (κ3) is 3.50. The number of hydrogen-bond acceptors (Lipinski definition) is 10. The van der Waals surface area contributed by atoms with E-state index in [2.05, 4.69) is 19.9 Å². The van der Waals surface area contributed by atoms with E-state index in [0.29, 0.717) is 45.9 Å². The molecule has 41 heavy (non-hydrogen) atoms. The van der Waals surface area contributed by atoms with Gasteiger partial charge < -0.3 is 29.9 Å². The van der Waals surface area contributed by atoms with Crippen LogP contribution in [0.25, 0.3) is 89.7 Å². The Labute approximate surface area is 243 Å². The first kappa shape index (κ1) is 23.5. The van der Waals surface area contributed by atoms with Gasteiger partial charge in [-0.25, -0.2) is 9.97 Å². The van der Waals surface area contributed by atoms with Crippen molar-refractivity contribution in [2.75, 3.05) is 0 Å². The van der Waals surface area contributed by atoms with E-state index >= 15 is 0 Å². The van der Waals surface area contributed by atoms with E-state index in [0.717, 1.165) is 43.8 Å². The Hall–Kier alpha value is -5.38. The first-order chi connectivity index (χ1) is 19.8. The fourth-order valence-electron chi connectivity index (χ4n) is 5.04. The number of hydrogen-bond donors (Lipinski definition) is 0. The van der Waals surface area contributed by atoms with E-state index in [1.165, 1.54) is 0 Å². The van der Waals surface area contributed by atoms with Crippen LogP contribution in [0.4, 0.5) is 0 Å². The topological polar surface area (TPSA) is 157 Å². The summed E-state index contributed by atoms with van der Waals surface area (Å²) in [4.78, 5) is 55.8. The van der Waals surface area contributed by atoms with Gasteiger partial charge in [-0.2, -0.15) is 0 Å². The van der Waals surface area contributed by atoms with Crippen molar-refractivity contribution in [3.8, 4) is 45.6 Å². The molecule has 0 saturated heterocycles. The second-order valence-electron chi connectivity index (χ2n) is 9.17. The second kappa shape index (κ2) is 8.82. The molecule has 7 aromatic rings. The molecule has 0 radical (unpaired) electrons. The van der Waals surface area contributed by atoms with Gasteiger partial charge in [-0.1, -0.05) is 0 Å². The molecule has 0 aromatic carbocycles. The summed E-state index contributed by atoms with van der Waals surface area (Å²) in [6, 6.07) is 7.44. The summed E-state index contributed by atoms with van der Waals surface area (Å²) in [5.41, 5.74) is 4.88. The van der Waals surface area contributed by atoms with E-state index in [1.807, 2.05) is 24.3 Å². The van der Waals surface area contributed by atoms with Crippen molar-refractivity contribution in [2.45, 2.75) is 0 Å². The van der Waals surface area contributed by atoms with Gasteiger partial charge in [0.2, 0.25) is 0 Å². The summed E-state index contributed by atoms with van der Waals surface area (Å²) in [6.07, 6.45) is 13.7. The standard InChI is InChI=1S/C28H12N12.Pd/c1-5-29-9-17-13(1)21-33-25(17)38-22-15-3-7-31-11-19(15)27(35-22)40-24-16-4-8-32-12-20(16)28(36-24)39-23-14-2-6-30-10-18(14)26(34-23)37-21;/h1-12H;/q-2;+2. The summed E-state index contributed by atoms with van der Waals surface area (Å²) in [5, 5.41) is 3.07. The summed E-state index contributed by atoms with van der Waals surface area (Å²) in [6.45, 7) is 0. The molecule has 9 heterocycles. The third-order valence-corrected chi connectivity index (χ3v) is 6.91. The van der Waals surface area contributed by atoms with Crippen molar-refractivity contribution in [1.29, 1.82) is 0 Å². The SMILES string of the molecule is [Pd+2].c1cc2c(cn1)-c1nc-2nc2[n-]c(nc3nc(nc4[n-]c(n1)c1ccncc41)-c1ccncc1-3)c1ccncc21. The monoisotopic (exact) mass is 622 g/mol. The fourth-order valence-corrected chi connectivity index (χ4v) is 5.04. The average Bonchev–Trinajstić information content (AvgIpc) is 3.73. The first-order valence-electron chi connectivity index (χ1n) is 12.3. The van der Waals surface area contributed by atoms with Crippen LogP contribution in [0.3, 0.4) is 0 Å². The maximum Gasteiger partial charge on any atom is 2.00 e. The molecule has 0 spiro atoms. The molecule has 7 aromatic heterocycles. The molecule has 0 N–H and O–H groups in total. The molecule has 0 fully saturated rings. The van der Waals surface area contributed by atoms with Crippen molar-refractivity contribution in [2.24, 2.45) is 0 Å². The zero-order valence-electron chi connectivity index (χ0n) is 20.6. The Bertz CT molecular complexity index is 2040. The molecule has 2 aliphatic rings. The number of aromatic nitrogens is 12. The first-order valence-corrected chi connectivity index (χ1v) is 12.3. The van der Waals surface area contributed by atoms with E-state index in [1.54, 1.807) is 49.6 Å². The maximum absolute atomic E-state index is 4.86. The molecule has 0 saturated carbocycles. The van der Waals surface area contributed by atoms with Crippen LogP contribution < -0.4 is 9.97 Å². The molecular weight excluding hydrogens is 611 g/mol. The molecule has 0 atom stereocenters. The minimum absolute atomic E-state index is 0. The summed E-state index contributed by atoms with van der Waals surface area (Å²) in [5.74, 6) is 1.81. The van der Waals surface area contributed by atoms with E-state index in [9.17, 15) is 0 Å². The predicted molar refractivity (Wildman–Crippen MR) is 145 cm³/mol. The van der Waals surface area contributed by atoms with Crippen LogP contribution in [0.15, 0.2) is 73.8 Å². The molecule has 9 rings (SSSR count). The third-order valence-electron chi connectivity index (χ3n) is 6.91. The minimum atomic E-state index is 0. The molecule has 13 heteroatoms. The van der Waals surface area contributed by atoms with Crippen LogP contribution in [0.5, 0.6) is 0 Å². The van der Waals surface area contributed by atoms with Crippen LogP contribution in [-0.2, 0) is 20.4 Å². The number of nitrogens with zero attached hydrogens (tertiary/aromatic N) is 12. The van der Waals surface area contributed by atoms with Gasteiger partial charge in [0.1, 0.15) is 0 Å². The second-order valence-corrected chi connectivity index (χ2v) is 9.17. The van der Waals surface area contributed by atoms with Crippen LogP contribution >= 0.6 is 0 Å². The Morgan fingerprint density at radius 1 is 0.366 bits per heavy atom. The Morgan fingerprint density at radius 2 is 0.732 bits per heavy atom. The molecule has 2 aliphatic heterocycles. The van der Waals surface area contributed by atoms with Crippen molar-refractivity contribution >= 4 is 44.1 Å². The molecule has 0 aliphatic carbocycles. The molecule has 0 unspecified atom stereocenters. The van der Waals surface area contributed by atoms with Crippen molar-refractivity contribution in [3.63, 3.8) is 0 Å². The van der Waals surface area contributed by atoms with E-state index in [4.69, 9.17) is 39.9 Å². The van der Waals surface area contributed by atoms with Gasteiger partial charge in [0.15, 0.2) is 0 Å². The van der Waals surface area contributed by atoms with Gasteiger partial charge >= 0.3 is 20.4 Å². The fraction of sp³-hybridized carbons (Fsp3) is 0. The minimum Gasteiger partial charge on any atom is -0.357 e. The largest absolute Gasteiger partial charge is 2.00 e. The zero-order valence-corrected chi connectivity index (χ0v) is 22.2. The summed E-state index contributed by atoms with van der Waals surface area (Å²) >= 11 is 0. The summed E-state index contributed by atoms with van der Waals surface area (Å²) in [7, 11) is 0. The molecule has 8 bridgehead atoms. The van der Waals surface area contributed by atoms with Gasteiger partial charge in [-0.15, -0.1) is 0 Å². The maximum atomic E-state index is 4.86. The van der Waals surface area contributed by atoms with Gasteiger partial charge in [0.05, 0.1) is 23.3 Å². The molecule has 194 valence electrons. The van der Waals surface area contributed by atoms with Crippen LogP contribution in [-0.4, -0.2) is 49.8 Å². The number of fused-ring (bicyclic) bond motifs is 20. The van der Waals surface area contributed by atoms with E-state index in [-0.39, 0.29) is 20.4 Å². The number of pyridine rings is 4. The van der Waals surface area contributed by atoms with Crippen molar-refractivity contribution in [1.82, 2.24) is 59.8 Å². The summed E-state index contributed by atoms with van der Waals surface area (Å²) < 4.78 is 0. The van der Waals surface area contributed by atoms with Crippen molar-refractivity contribution in [3.05, 3.63) is 73.8 Å². The van der Waals surface area contributed by atoms with Gasteiger partial charge in [0, 0.05) is 105 Å². The van der Waals surface area contributed by atoms with Gasteiger partial charge in [-0.05, 0) is 35.0 Å². The molecule has 0 amide bonds. The van der Waals surface area contributed by atoms with Crippen molar-refractivity contribution < 1.29 is 20.4 Å². The predicted octanol–water partition coefficient (Wildman–Crippen LogP) is 3.70. The average molecular weight is 623 g/mol. The van der Waals surface area contributed by atoms with Crippen LogP contribution in [0.1, 0.15) is 0 Å². The molecular formula is C28H12N12Pd. The van der Waals surface area contributed by atoms with Gasteiger partial charge in [-0.3, -0.25) is 19.9 Å². The number of rotatable bonds is 0. The Morgan fingerprint density at radius 3 is 1.20 bits per heavy atom. The van der Waals surface area contributed by atoms with Crippen LogP contribution in [0, 0.1) is 0 Å². The normalized spacial score (nSPS) is 11.7. The zero-order chi connectivity index (χ0) is 26.2. The molecule has 12 nitrogen and oxygen atoms in total. The Kier molecular flexibility index (Phi) is 5.06. The quantitative estimate of drug-likeness (QED) is 0.226. The van der Waals surface area contributed by atoms with E-state index < -0.39 is 0 Å². The Balaban J connectivity index is 0.00000256. The smallest absolute Gasteiger partial charge is 0.357 e.